The van der Waals surface area contributed by atoms with Gasteiger partial charge in [-0.05, 0) is 25.1 Å². The number of aromatic nitrogens is 1. The van der Waals surface area contributed by atoms with Crippen LogP contribution < -0.4 is 15.8 Å². The fraction of sp³-hybridized carbons (Fsp3) is 0.444. The van der Waals surface area contributed by atoms with Gasteiger partial charge < -0.3 is 15.8 Å². The van der Waals surface area contributed by atoms with Crippen LogP contribution in [0.2, 0.25) is 0 Å². The Balaban J connectivity index is 2.40. The van der Waals surface area contributed by atoms with Gasteiger partial charge in [0.1, 0.15) is 11.6 Å². The average Bonchev–Trinajstić information content (AvgIpc) is 2.19. The Bertz CT molecular complexity index is 235. The minimum Gasteiger partial charge on any atom is -0.495 e. The number of nitrogens with one attached hydrogen (secondary N) is 1. The average molecular weight is 181 g/mol. The van der Waals surface area contributed by atoms with Gasteiger partial charge in [0.15, 0.2) is 0 Å². The quantitative estimate of drug-likeness (QED) is 0.661. The van der Waals surface area contributed by atoms with Crippen LogP contribution in [0.5, 0.6) is 5.75 Å². The van der Waals surface area contributed by atoms with Crippen LogP contribution in [0.3, 0.4) is 0 Å². The van der Waals surface area contributed by atoms with Crippen LogP contribution in [0.15, 0.2) is 18.3 Å². The van der Waals surface area contributed by atoms with Crippen LogP contribution in [-0.4, -0.2) is 25.2 Å². The summed E-state index contributed by atoms with van der Waals surface area (Å²) >= 11 is 0. The topological polar surface area (TPSA) is 60.2 Å². The maximum absolute atomic E-state index is 5.36. The lowest BCUT2D eigenvalue weighted by Crippen LogP contribution is -2.09. The molecule has 0 atom stereocenters. The third kappa shape index (κ3) is 3.29. The minimum atomic E-state index is 0.698. The molecule has 72 valence electrons. The third-order valence-corrected chi connectivity index (χ3v) is 1.66. The van der Waals surface area contributed by atoms with Crippen molar-refractivity contribution in [3.05, 3.63) is 18.3 Å². The number of nitrogens with two attached hydrogens (primary N) is 1. The maximum Gasteiger partial charge on any atom is 0.137 e. The summed E-state index contributed by atoms with van der Waals surface area (Å²) in [7, 11) is 1.62. The molecule has 0 saturated carbocycles. The summed E-state index contributed by atoms with van der Waals surface area (Å²) in [6.45, 7) is 1.55. The van der Waals surface area contributed by atoms with Crippen molar-refractivity contribution in [3.63, 3.8) is 0 Å². The van der Waals surface area contributed by atoms with Crippen LogP contribution >= 0.6 is 0 Å². The van der Waals surface area contributed by atoms with Crippen molar-refractivity contribution in [1.29, 1.82) is 0 Å². The van der Waals surface area contributed by atoms with E-state index < -0.39 is 0 Å². The van der Waals surface area contributed by atoms with E-state index in [9.17, 15) is 0 Å². The molecule has 0 aliphatic carbocycles. The first-order chi connectivity index (χ1) is 6.36. The molecule has 3 N–H and O–H groups in total. The monoisotopic (exact) mass is 181 g/mol. The highest BCUT2D eigenvalue weighted by molar-refractivity contribution is 5.37. The molecule has 13 heavy (non-hydrogen) atoms. The number of hydrogen-bond acceptors (Lipinski definition) is 4. The Labute approximate surface area is 78.1 Å². The number of anilines is 1. The second-order valence-corrected chi connectivity index (χ2v) is 2.65. The van der Waals surface area contributed by atoms with Gasteiger partial charge in [0, 0.05) is 6.54 Å². The van der Waals surface area contributed by atoms with Crippen molar-refractivity contribution in [2.75, 3.05) is 25.5 Å². The zero-order valence-electron chi connectivity index (χ0n) is 7.79. The van der Waals surface area contributed by atoms with Gasteiger partial charge in [0.05, 0.1) is 13.3 Å². The van der Waals surface area contributed by atoms with Gasteiger partial charge in [-0.15, -0.1) is 0 Å². The highest BCUT2D eigenvalue weighted by Crippen LogP contribution is 2.10. The van der Waals surface area contributed by atoms with E-state index in [1.165, 1.54) is 0 Å². The summed E-state index contributed by atoms with van der Waals surface area (Å²) in [4.78, 5) is 4.14. The SMILES string of the molecule is COc1ccc(NCCCN)nc1. The smallest absolute Gasteiger partial charge is 0.137 e. The fourth-order valence-electron chi connectivity index (χ4n) is 0.924. The molecule has 0 saturated heterocycles. The van der Waals surface area contributed by atoms with Crippen molar-refractivity contribution in [1.82, 2.24) is 4.98 Å². The Morgan fingerprint density at radius 2 is 2.38 bits per heavy atom. The Hall–Kier alpha value is -1.29. The van der Waals surface area contributed by atoms with Gasteiger partial charge in [-0.25, -0.2) is 4.98 Å². The van der Waals surface area contributed by atoms with Gasteiger partial charge in [0.25, 0.3) is 0 Å². The molecule has 0 fully saturated rings. The zero-order chi connectivity index (χ0) is 9.52. The summed E-state index contributed by atoms with van der Waals surface area (Å²) in [6, 6.07) is 3.76. The van der Waals surface area contributed by atoms with E-state index >= 15 is 0 Å². The Morgan fingerprint density at radius 1 is 1.54 bits per heavy atom. The fourth-order valence-corrected chi connectivity index (χ4v) is 0.924. The molecule has 0 amide bonds. The first-order valence-corrected chi connectivity index (χ1v) is 4.31. The molecular weight excluding hydrogens is 166 g/mol. The van der Waals surface area contributed by atoms with E-state index in [4.69, 9.17) is 10.5 Å². The van der Waals surface area contributed by atoms with Gasteiger partial charge in [0.2, 0.25) is 0 Å². The third-order valence-electron chi connectivity index (χ3n) is 1.66. The predicted molar refractivity (Wildman–Crippen MR) is 53.0 cm³/mol. The number of hydrogen-bond donors (Lipinski definition) is 2. The van der Waals surface area contributed by atoms with Crippen molar-refractivity contribution in [3.8, 4) is 5.75 Å². The molecule has 1 rings (SSSR count). The standard InChI is InChI=1S/C9H15N3O/c1-13-8-3-4-9(12-7-8)11-6-2-5-10/h3-4,7H,2,5-6,10H2,1H3,(H,11,12). The zero-order valence-corrected chi connectivity index (χ0v) is 7.79. The van der Waals surface area contributed by atoms with Crippen LogP contribution in [0.4, 0.5) is 5.82 Å². The molecule has 0 aliphatic rings. The lowest BCUT2D eigenvalue weighted by Gasteiger charge is -2.04. The van der Waals surface area contributed by atoms with Crippen molar-refractivity contribution >= 4 is 5.82 Å². The summed E-state index contributed by atoms with van der Waals surface area (Å²) in [5.74, 6) is 1.62. The van der Waals surface area contributed by atoms with E-state index in [0.717, 1.165) is 24.5 Å². The van der Waals surface area contributed by atoms with Gasteiger partial charge >= 0.3 is 0 Å². The molecule has 0 unspecified atom stereocenters. The number of rotatable bonds is 5. The molecule has 1 heterocycles. The van der Waals surface area contributed by atoms with Gasteiger partial charge in [-0.2, -0.15) is 0 Å². The minimum absolute atomic E-state index is 0.698. The van der Waals surface area contributed by atoms with Crippen molar-refractivity contribution in [2.45, 2.75) is 6.42 Å². The van der Waals surface area contributed by atoms with Crippen LogP contribution in [-0.2, 0) is 0 Å². The maximum atomic E-state index is 5.36. The van der Waals surface area contributed by atoms with E-state index in [1.807, 2.05) is 12.1 Å². The molecule has 0 bridgehead atoms. The summed E-state index contributed by atoms with van der Waals surface area (Å²) in [6.07, 6.45) is 2.64. The van der Waals surface area contributed by atoms with E-state index in [0.29, 0.717) is 6.54 Å². The lowest BCUT2D eigenvalue weighted by molar-refractivity contribution is 0.413. The van der Waals surface area contributed by atoms with Gasteiger partial charge in [-0.1, -0.05) is 0 Å². The van der Waals surface area contributed by atoms with Crippen LogP contribution in [0.25, 0.3) is 0 Å². The molecule has 0 aromatic carbocycles. The van der Waals surface area contributed by atoms with Gasteiger partial charge in [-0.3, -0.25) is 0 Å². The molecule has 1 aromatic rings. The molecule has 0 spiro atoms. The molecule has 1 aromatic heterocycles. The van der Waals surface area contributed by atoms with Crippen molar-refractivity contribution in [2.24, 2.45) is 5.73 Å². The number of pyridine rings is 1. The molecule has 4 nitrogen and oxygen atoms in total. The molecule has 0 radical (unpaired) electrons. The summed E-state index contributed by atoms with van der Waals surface area (Å²) in [5.41, 5.74) is 5.36. The normalized spacial score (nSPS) is 9.69. The second kappa shape index (κ2) is 5.37. The number of methoxy groups -OCH3 is 1. The molecule has 4 heteroatoms. The number of ether oxygens (including phenoxy) is 1. The van der Waals surface area contributed by atoms with E-state index in [1.54, 1.807) is 13.3 Å². The van der Waals surface area contributed by atoms with Crippen LogP contribution in [0.1, 0.15) is 6.42 Å². The highest BCUT2D eigenvalue weighted by Gasteiger charge is 1.93. The Kier molecular flexibility index (Phi) is 4.05. The highest BCUT2D eigenvalue weighted by atomic mass is 16.5. The summed E-state index contributed by atoms with van der Waals surface area (Å²) < 4.78 is 4.98. The first-order valence-electron chi connectivity index (χ1n) is 4.31. The summed E-state index contributed by atoms with van der Waals surface area (Å²) in [5, 5.41) is 3.15. The van der Waals surface area contributed by atoms with Crippen LogP contribution in [0, 0.1) is 0 Å². The lowest BCUT2D eigenvalue weighted by atomic mass is 10.4. The predicted octanol–water partition coefficient (Wildman–Crippen LogP) is 0.851. The van der Waals surface area contributed by atoms with E-state index in [-0.39, 0.29) is 0 Å². The second-order valence-electron chi connectivity index (χ2n) is 2.65. The van der Waals surface area contributed by atoms with E-state index in [2.05, 4.69) is 10.3 Å². The Morgan fingerprint density at radius 3 is 2.92 bits per heavy atom. The first kappa shape index (κ1) is 9.80. The number of nitrogens with zero attached hydrogens (tertiary/aromatic N) is 1. The van der Waals surface area contributed by atoms with Crippen molar-refractivity contribution < 1.29 is 4.74 Å². The molecular formula is C9H15N3O. The largest absolute Gasteiger partial charge is 0.495 e. The molecule has 0 aliphatic heterocycles.